The van der Waals surface area contributed by atoms with Crippen molar-refractivity contribution in [2.45, 2.75) is 0 Å². The van der Waals surface area contributed by atoms with Gasteiger partial charge in [-0.2, -0.15) is 0 Å². The van der Waals surface area contributed by atoms with Gasteiger partial charge in [-0.25, -0.2) is 4.39 Å². The van der Waals surface area contributed by atoms with Crippen LogP contribution >= 0.6 is 23.2 Å². The molecule has 1 heterocycles. The van der Waals surface area contributed by atoms with Crippen molar-refractivity contribution in [3.63, 3.8) is 0 Å². The zero-order valence-electron chi connectivity index (χ0n) is 11.1. The normalized spacial score (nSPS) is 10.1. The molecule has 22 heavy (non-hydrogen) atoms. The van der Waals surface area contributed by atoms with Crippen LogP contribution in [0.25, 0.3) is 0 Å². The number of hydrogen-bond acceptors (Lipinski definition) is 3. The minimum absolute atomic E-state index is 0.0624. The molecule has 0 aliphatic heterocycles. The van der Waals surface area contributed by atoms with Crippen LogP contribution in [0.4, 0.5) is 10.1 Å². The summed E-state index contributed by atoms with van der Waals surface area (Å²) in [7, 11) is 0. The molecule has 2 rings (SSSR count). The van der Waals surface area contributed by atoms with Crippen LogP contribution in [0.1, 0.15) is 10.5 Å². The zero-order chi connectivity index (χ0) is 16.1. The smallest absolute Gasteiger partial charge is 0.270 e. The molecule has 0 atom stereocenters. The van der Waals surface area contributed by atoms with Gasteiger partial charge in [-0.15, -0.1) is 0 Å². The Bertz CT molecular complexity index is 725. The molecule has 2 N–H and O–H groups in total. The van der Waals surface area contributed by atoms with Crippen LogP contribution in [0.2, 0.25) is 10.0 Å². The first-order valence-electron chi connectivity index (χ1n) is 6.11. The second-order valence-corrected chi connectivity index (χ2v) is 5.04. The Hall–Kier alpha value is -2.18. The van der Waals surface area contributed by atoms with E-state index in [-0.39, 0.29) is 22.9 Å². The summed E-state index contributed by atoms with van der Waals surface area (Å²) in [5.41, 5.74) is 0.0156. The minimum atomic E-state index is -0.736. The first kappa shape index (κ1) is 16.2. The highest BCUT2D eigenvalue weighted by atomic mass is 35.5. The number of nitrogens with one attached hydrogen (secondary N) is 2. The van der Waals surface area contributed by atoms with Crippen molar-refractivity contribution >= 4 is 40.7 Å². The molecule has 0 unspecified atom stereocenters. The van der Waals surface area contributed by atoms with Crippen LogP contribution in [-0.4, -0.2) is 23.3 Å². The average molecular weight is 342 g/mol. The van der Waals surface area contributed by atoms with Crippen LogP contribution in [0, 0.1) is 5.82 Å². The predicted octanol–water partition coefficient (Wildman–Crippen LogP) is 2.90. The van der Waals surface area contributed by atoms with Crippen molar-refractivity contribution in [3.05, 3.63) is 58.1 Å². The number of pyridine rings is 1. The molecule has 2 aromatic rings. The number of amides is 2. The lowest BCUT2D eigenvalue weighted by molar-refractivity contribution is -0.115. The first-order chi connectivity index (χ1) is 10.5. The second-order valence-electron chi connectivity index (χ2n) is 4.19. The molecule has 5 nitrogen and oxygen atoms in total. The molecule has 1 aromatic heterocycles. The van der Waals surface area contributed by atoms with E-state index in [4.69, 9.17) is 23.2 Å². The Morgan fingerprint density at radius 2 is 2.00 bits per heavy atom. The first-order valence-corrected chi connectivity index (χ1v) is 6.86. The van der Waals surface area contributed by atoms with Crippen molar-refractivity contribution in [2.75, 3.05) is 11.9 Å². The van der Waals surface area contributed by atoms with Crippen molar-refractivity contribution in [1.82, 2.24) is 10.3 Å². The maximum absolute atomic E-state index is 13.6. The molecule has 0 aliphatic carbocycles. The van der Waals surface area contributed by atoms with Gasteiger partial charge in [0.2, 0.25) is 5.91 Å². The molecular weight excluding hydrogens is 332 g/mol. The summed E-state index contributed by atoms with van der Waals surface area (Å²) < 4.78 is 13.6. The highest BCUT2D eigenvalue weighted by Gasteiger charge is 2.12. The lowest BCUT2D eigenvalue weighted by Crippen LogP contribution is -2.33. The maximum atomic E-state index is 13.6. The number of halogens is 3. The molecule has 0 spiro atoms. The highest BCUT2D eigenvalue weighted by Crippen LogP contribution is 2.21. The van der Waals surface area contributed by atoms with E-state index in [9.17, 15) is 14.0 Å². The van der Waals surface area contributed by atoms with E-state index in [0.717, 1.165) is 0 Å². The number of anilines is 1. The lowest BCUT2D eigenvalue weighted by Gasteiger charge is -2.08. The van der Waals surface area contributed by atoms with Gasteiger partial charge in [-0.1, -0.05) is 29.3 Å². The Morgan fingerprint density at radius 1 is 1.23 bits per heavy atom. The molecule has 0 bridgehead atoms. The third-order valence-corrected chi connectivity index (χ3v) is 3.12. The van der Waals surface area contributed by atoms with Crippen molar-refractivity contribution < 1.29 is 14.0 Å². The molecular formula is C14H10Cl2FN3O2. The van der Waals surface area contributed by atoms with Gasteiger partial charge in [-0.05, 0) is 24.3 Å². The fourth-order valence-corrected chi connectivity index (χ4v) is 1.91. The quantitative estimate of drug-likeness (QED) is 0.898. The summed E-state index contributed by atoms with van der Waals surface area (Å²) in [5, 5.41) is 4.91. The molecule has 0 saturated heterocycles. The topological polar surface area (TPSA) is 71.1 Å². The monoisotopic (exact) mass is 341 g/mol. The van der Waals surface area contributed by atoms with Crippen LogP contribution in [0.5, 0.6) is 0 Å². The summed E-state index contributed by atoms with van der Waals surface area (Å²) in [6, 6.07) is 7.10. The van der Waals surface area contributed by atoms with E-state index < -0.39 is 17.6 Å². The summed E-state index contributed by atoms with van der Waals surface area (Å²) in [6.07, 6.45) is 1.37. The third kappa shape index (κ3) is 4.16. The SMILES string of the molecule is O=C(CNC(=O)c1cc(Cl)ccn1)Nc1cccc(Cl)c1F. The van der Waals surface area contributed by atoms with Gasteiger partial charge in [0.1, 0.15) is 5.69 Å². The highest BCUT2D eigenvalue weighted by molar-refractivity contribution is 6.31. The standard InChI is InChI=1S/C14H10Cl2FN3O2/c15-8-4-5-18-11(6-8)14(22)19-7-12(21)20-10-3-1-2-9(16)13(10)17/h1-6H,7H2,(H,19,22)(H,20,21). The van der Waals surface area contributed by atoms with Gasteiger partial charge in [-0.3, -0.25) is 14.6 Å². The van der Waals surface area contributed by atoms with E-state index >= 15 is 0 Å². The number of carbonyl (C=O) groups is 2. The number of benzene rings is 1. The van der Waals surface area contributed by atoms with E-state index in [0.29, 0.717) is 5.02 Å². The largest absolute Gasteiger partial charge is 0.342 e. The van der Waals surface area contributed by atoms with Gasteiger partial charge in [0.05, 0.1) is 17.3 Å². The van der Waals surface area contributed by atoms with E-state index in [1.54, 1.807) is 0 Å². The molecule has 2 amide bonds. The molecule has 8 heteroatoms. The summed E-state index contributed by atoms with van der Waals surface area (Å²) in [4.78, 5) is 27.3. The Morgan fingerprint density at radius 3 is 2.73 bits per heavy atom. The van der Waals surface area contributed by atoms with Gasteiger partial charge in [0, 0.05) is 11.2 Å². The number of aromatic nitrogens is 1. The van der Waals surface area contributed by atoms with Gasteiger partial charge < -0.3 is 10.6 Å². The number of nitrogens with zero attached hydrogens (tertiary/aromatic N) is 1. The van der Waals surface area contributed by atoms with Crippen LogP contribution < -0.4 is 10.6 Å². The Balaban J connectivity index is 1.93. The maximum Gasteiger partial charge on any atom is 0.270 e. The van der Waals surface area contributed by atoms with Crippen molar-refractivity contribution in [3.8, 4) is 0 Å². The fraction of sp³-hybridized carbons (Fsp3) is 0.0714. The predicted molar refractivity (Wildman–Crippen MR) is 81.6 cm³/mol. The molecule has 0 saturated carbocycles. The zero-order valence-corrected chi connectivity index (χ0v) is 12.6. The molecule has 114 valence electrons. The molecule has 0 aliphatic rings. The average Bonchev–Trinajstić information content (AvgIpc) is 2.49. The summed E-state index contributed by atoms with van der Waals surface area (Å²) in [6.45, 7) is -0.348. The van der Waals surface area contributed by atoms with Crippen LogP contribution in [-0.2, 0) is 4.79 Å². The summed E-state index contributed by atoms with van der Waals surface area (Å²) >= 11 is 11.3. The van der Waals surface area contributed by atoms with E-state index in [1.807, 2.05) is 0 Å². The third-order valence-electron chi connectivity index (χ3n) is 2.59. The van der Waals surface area contributed by atoms with Crippen LogP contribution in [0.15, 0.2) is 36.5 Å². The van der Waals surface area contributed by atoms with Crippen molar-refractivity contribution in [1.29, 1.82) is 0 Å². The second kappa shape index (κ2) is 7.20. The fourth-order valence-electron chi connectivity index (χ4n) is 1.57. The molecule has 0 radical (unpaired) electrons. The lowest BCUT2D eigenvalue weighted by atomic mass is 10.3. The number of carbonyl (C=O) groups excluding carboxylic acids is 2. The number of rotatable bonds is 4. The Labute approximate surface area is 135 Å². The summed E-state index contributed by atoms with van der Waals surface area (Å²) in [5.74, 6) is -1.90. The minimum Gasteiger partial charge on any atom is -0.342 e. The Kier molecular flexibility index (Phi) is 5.30. The van der Waals surface area contributed by atoms with Gasteiger partial charge >= 0.3 is 0 Å². The van der Waals surface area contributed by atoms with Crippen LogP contribution in [0.3, 0.4) is 0 Å². The van der Waals surface area contributed by atoms with E-state index in [1.165, 1.54) is 36.5 Å². The molecule has 1 aromatic carbocycles. The van der Waals surface area contributed by atoms with E-state index in [2.05, 4.69) is 15.6 Å². The van der Waals surface area contributed by atoms with Gasteiger partial charge in [0.15, 0.2) is 5.82 Å². The van der Waals surface area contributed by atoms with Crippen molar-refractivity contribution in [2.24, 2.45) is 0 Å². The number of hydrogen-bond donors (Lipinski definition) is 2. The van der Waals surface area contributed by atoms with Gasteiger partial charge in [0.25, 0.3) is 5.91 Å². The molecule has 0 fully saturated rings.